The summed E-state index contributed by atoms with van der Waals surface area (Å²) in [6.45, 7) is 9.68. The second-order valence-corrected chi connectivity index (χ2v) is 13.0. The second-order valence-electron chi connectivity index (χ2n) is 11.4. The second kappa shape index (κ2) is 11.6. The Bertz CT molecular complexity index is 1470. The molecule has 0 saturated carbocycles. The van der Waals surface area contributed by atoms with Gasteiger partial charge in [0.2, 0.25) is 5.96 Å². The van der Waals surface area contributed by atoms with Crippen molar-refractivity contribution in [3.63, 3.8) is 0 Å². The third-order valence-electron chi connectivity index (χ3n) is 7.73. The number of rotatable bonds is 8. The number of nitrogens with zero attached hydrogens (tertiary/aromatic N) is 2. The molecule has 0 unspecified atom stereocenters. The highest BCUT2D eigenvalue weighted by atomic mass is 32.2. The summed E-state index contributed by atoms with van der Waals surface area (Å²) in [6, 6.07) is 8.12. The van der Waals surface area contributed by atoms with E-state index in [1.54, 1.807) is 13.8 Å². The summed E-state index contributed by atoms with van der Waals surface area (Å²) in [5, 5.41) is 9.65. The molecule has 1 amide bonds. The van der Waals surface area contributed by atoms with Crippen molar-refractivity contribution in [1.82, 2.24) is 9.62 Å². The van der Waals surface area contributed by atoms with Gasteiger partial charge < -0.3 is 20.3 Å². The highest BCUT2D eigenvalue weighted by Gasteiger charge is 2.40. The summed E-state index contributed by atoms with van der Waals surface area (Å²) in [4.78, 5) is 30.0. The molecule has 0 bridgehead atoms. The Balaban J connectivity index is 1.38. The molecule has 0 aromatic heterocycles. The Morgan fingerprint density at radius 1 is 1.17 bits per heavy atom. The van der Waals surface area contributed by atoms with Gasteiger partial charge >= 0.3 is 12.1 Å². The summed E-state index contributed by atoms with van der Waals surface area (Å²) in [5.74, 6) is -0.796. The molecule has 2 atom stereocenters. The number of carbonyl (C=O) groups excluding carboxylic acids is 1. The molecule has 2 aromatic rings. The molecule has 41 heavy (non-hydrogen) atoms. The Labute approximate surface area is 240 Å². The van der Waals surface area contributed by atoms with Crippen LogP contribution in [0.4, 0.5) is 4.79 Å². The van der Waals surface area contributed by atoms with Gasteiger partial charge in [0.05, 0.1) is 4.90 Å². The number of benzene rings is 2. The number of carboxylic acid groups (broad SMARTS) is 1. The fourth-order valence-electron chi connectivity index (χ4n) is 5.61. The van der Waals surface area contributed by atoms with Gasteiger partial charge in [-0.05, 0) is 75.6 Å². The molecule has 0 radical (unpaired) electrons. The summed E-state index contributed by atoms with van der Waals surface area (Å²) in [7, 11) is -4.03. The van der Waals surface area contributed by atoms with Gasteiger partial charge in [0.1, 0.15) is 24.0 Å². The number of amides is 1. The first-order chi connectivity index (χ1) is 19.2. The fraction of sp³-hybridized carbons (Fsp3) is 0.483. The molecule has 11 nitrogen and oxygen atoms in total. The number of likely N-dealkylation sites (tertiary alicyclic amines) is 1. The zero-order valence-corrected chi connectivity index (χ0v) is 24.9. The van der Waals surface area contributed by atoms with E-state index in [0.29, 0.717) is 24.0 Å². The van der Waals surface area contributed by atoms with Gasteiger partial charge in [-0.3, -0.25) is 9.89 Å². The van der Waals surface area contributed by atoms with E-state index in [1.165, 1.54) is 4.90 Å². The maximum absolute atomic E-state index is 13.4. The van der Waals surface area contributed by atoms with E-state index < -0.39 is 33.7 Å². The molecule has 1 fully saturated rings. The van der Waals surface area contributed by atoms with Crippen molar-refractivity contribution >= 4 is 28.0 Å². The Kier molecular flexibility index (Phi) is 8.53. The summed E-state index contributed by atoms with van der Waals surface area (Å²) < 4.78 is 40.6. The lowest BCUT2D eigenvalue weighted by atomic mass is 9.94. The van der Waals surface area contributed by atoms with Crippen LogP contribution in [0.15, 0.2) is 40.2 Å². The van der Waals surface area contributed by atoms with E-state index >= 15 is 0 Å². The predicted octanol–water partition coefficient (Wildman–Crippen LogP) is 3.42. The van der Waals surface area contributed by atoms with Crippen molar-refractivity contribution < 1.29 is 32.6 Å². The van der Waals surface area contributed by atoms with E-state index in [2.05, 4.69) is 9.71 Å². The van der Waals surface area contributed by atoms with Crippen LogP contribution in [0.3, 0.4) is 0 Å². The lowest BCUT2D eigenvalue weighted by Gasteiger charge is -2.20. The quantitative estimate of drug-likeness (QED) is 0.313. The van der Waals surface area contributed by atoms with E-state index in [9.17, 15) is 23.1 Å². The van der Waals surface area contributed by atoms with Crippen LogP contribution >= 0.6 is 0 Å². The average molecular weight is 587 g/mol. The number of guanidine groups is 1. The third-order valence-corrected chi connectivity index (χ3v) is 9.36. The molecule has 0 aliphatic carbocycles. The van der Waals surface area contributed by atoms with Crippen LogP contribution in [-0.2, 0) is 32.6 Å². The topological polar surface area (TPSA) is 161 Å². The molecule has 2 aliphatic heterocycles. The number of sulfonamides is 1. The van der Waals surface area contributed by atoms with E-state index in [1.807, 2.05) is 51.1 Å². The van der Waals surface area contributed by atoms with Crippen molar-refractivity contribution in [1.29, 1.82) is 0 Å². The smallest absolute Gasteiger partial charge is 0.410 e. The number of aliphatic carboxylic acids is 1. The van der Waals surface area contributed by atoms with Crippen molar-refractivity contribution in [3.8, 4) is 5.75 Å². The highest BCUT2D eigenvalue weighted by molar-refractivity contribution is 7.90. The van der Waals surface area contributed by atoms with Gasteiger partial charge in [0.25, 0.3) is 10.0 Å². The van der Waals surface area contributed by atoms with Crippen molar-refractivity contribution in [2.45, 2.75) is 77.0 Å². The molecule has 2 aliphatic rings. The van der Waals surface area contributed by atoms with E-state index in [4.69, 9.17) is 15.2 Å². The highest BCUT2D eigenvalue weighted by Crippen LogP contribution is 2.43. The van der Waals surface area contributed by atoms with Crippen LogP contribution in [-0.4, -0.2) is 61.2 Å². The fourth-order valence-corrected chi connectivity index (χ4v) is 7.13. The van der Waals surface area contributed by atoms with Gasteiger partial charge in [0.15, 0.2) is 0 Å². The molecule has 12 heteroatoms. The summed E-state index contributed by atoms with van der Waals surface area (Å²) >= 11 is 0. The van der Waals surface area contributed by atoms with Crippen molar-refractivity contribution in [3.05, 3.63) is 58.1 Å². The zero-order chi connectivity index (χ0) is 30.1. The number of nitrogens with one attached hydrogen (secondary N) is 1. The van der Waals surface area contributed by atoms with Crippen molar-refractivity contribution in [2.75, 3.05) is 13.1 Å². The molecule has 4 N–H and O–H groups in total. The van der Waals surface area contributed by atoms with Crippen LogP contribution in [0.1, 0.15) is 54.5 Å². The largest absolute Gasteiger partial charge is 0.487 e. The number of ether oxygens (including phenoxy) is 2. The van der Waals surface area contributed by atoms with Gasteiger partial charge in [0, 0.05) is 25.1 Å². The van der Waals surface area contributed by atoms with Gasteiger partial charge in [-0.15, -0.1) is 0 Å². The third kappa shape index (κ3) is 6.58. The van der Waals surface area contributed by atoms with E-state index in [-0.39, 0.29) is 42.9 Å². The van der Waals surface area contributed by atoms with Crippen LogP contribution in [0.5, 0.6) is 5.75 Å². The minimum absolute atomic E-state index is 0.0433. The number of carboxylic acids is 1. The molecule has 2 heterocycles. The Hall–Kier alpha value is -3.80. The molecular formula is C29H38N4O7S. The first-order valence-corrected chi connectivity index (χ1v) is 15.0. The molecular weight excluding hydrogens is 548 g/mol. The van der Waals surface area contributed by atoms with E-state index in [0.717, 1.165) is 22.4 Å². The first kappa shape index (κ1) is 30.2. The molecule has 4 rings (SSSR count). The number of nitrogens with two attached hydrogens (primary N) is 1. The first-order valence-electron chi connectivity index (χ1n) is 13.5. The van der Waals surface area contributed by atoms with Crippen molar-refractivity contribution in [2.24, 2.45) is 16.6 Å². The lowest BCUT2D eigenvalue weighted by molar-refractivity contribution is -0.141. The molecule has 0 spiro atoms. The SMILES string of the molecule is Cc1c(C)c(S(=O)(=O)NC(N)=NCC[C@H]2C[C@@H](C(=O)O)N(C(=O)OCc3ccccc3)C2)c(C)c2c1OC(C)(C)C2. The monoisotopic (exact) mass is 586 g/mol. The van der Waals surface area contributed by atoms with Crippen LogP contribution in [0.25, 0.3) is 0 Å². The van der Waals surface area contributed by atoms with Crippen LogP contribution < -0.4 is 15.2 Å². The zero-order valence-electron chi connectivity index (χ0n) is 24.1. The van der Waals surface area contributed by atoms with Gasteiger partial charge in [-0.25, -0.2) is 22.7 Å². The summed E-state index contributed by atoms with van der Waals surface area (Å²) in [5.41, 5.74) is 9.21. The molecule has 2 aromatic carbocycles. The summed E-state index contributed by atoms with van der Waals surface area (Å²) in [6.07, 6.45) is 0.555. The predicted molar refractivity (Wildman–Crippen MR) is 153 cm³/mol. The number of hydrogen-bond donors (Lipinski definition) is 3. The molecule has 222 valence electrons. The maximum Gasteiger partial charge on any atom is 0.410 e. The normalized spacial score (nSPS) is 19.9. The number of hydrogen-bond acceptors (Lipinski definition) is 7. The number of aliphatic imine (C=N–C) groups is 1. The molecule has 1 saturated heterocycles. The number of carbonyl (C=O) groups is 2. The average Bonchev–Trinajstić information content (AvgIpc) is 3.47. The van der Waals surface area contributed by atoms with Crippen LogP contribution in [0.2, 0.25) is 0 Å². The minimum atomic E-state index is -4.03. The Morgan fingerprint density at radius 2 is 1.85 bits per heavy atom. The van der Waals surface area contributed by atoms with Crippen LogP contribution in [0, 0.1) is 26.7 Å². The lowest BCUT2D eigenvalue weighted by Crippen LogP contribution is -2.40. The van der Waals surface area contributed by atoms with Gasteiger partial charge in [-0.1, -0.05) is 30.3 Å². The van der Waals surface area contributed by atoms with Gasteiger partial charge in [-0.2, -0.15) is 0 Å². The standard InChI is InChI=1S/C29H38N4O7S/c1-17-18(2)25(19(3)22-14-29(4,5)40-24(17)22)41(37,38)32-27(30)31-12-11-21-13-23(26(34)35)33(15-21)28(36)39-16-20-9-7-6-8-10-20/h6-10,21,23H,11-16H2,1-5H3,(H,34,35)(H3,30,31,32)/t21-,23-/m0/s1. The number of fused-ring (bicyclic) bond motifs is 1. The minimum Gasteiger partial charge on any atom is -0.487 e. The maximum atomic E-state index is 13.4. The Morgan fingerprint density at radius 3 is 2.51 bits per heavy atom.